The summed E-state index contributed by atoms with van der Waals surface area (Å²) in [6, 6.07) is 2.51. The van der Waals surface area contributed by atoms with Crippen LogP contribution in [0.4, 0.5) is 8.78 Å². The number of rotatable bonds is 4. The molecule has 1 aromatic heterocycles. The van der Waals surface area contributed by atoms with Crippen molar-refractivity contribution in [1.29, 1.82) is 0 Å². The zero-order valence-corrected chi connectivity index (χ0v) is 13.2. The van der Waals surface area contributed by atoms with Gasteiger partial charge in [0.05, 0.1) is 11.0 Å². The fourth-order valence-electron chi connectivity index (χ4n) is 3.22. The third-order valence-corrected chi connectivity index (χ3v) is 4.36. The number of halogens is 2. The summed E-state index contributed by atoms with van der Waals surface area (Å²) in [5.41, 5.74) is 1.27. The average Bonchev–Trinajstić information content (AvgIpc) is 2.77. The van der Waals surface area contributed by atoms with E-state index in [9.17, 15) is 8.78 Å². The molecule has 0 spiro atoms. The predicted molar refractivity (Wildman–Crippen MR) is 83.8 cm³/mol. The summed E-state index contributed by atoms with van der Waals surface area (Å²) in [6.07, 6.45) is 3.05. The highest BCUT2D eigenvalue weighted by Crippen LogP contribution is 2.25. The monoisotopic (exact) mass is 307 g/mol. The van der Waals surface area contributed by atoms with E-state index in [0.717, 1.165) is 44.7 Å². The number of aromatic nitrogens is 2. The Hall–Kier alpha value is -1.49. The van der Waals surface area contributed by atoms with E-state index in [1.165, 1.54) is 12.1 Å². The summed E-state index contributed by atoms with van der Waals surface area (Å²) >= 11 is 0. The Balaban J connectivity index is 2.00. The Morgan fingerprint density at radius 3 is 2.59 bits per heavy atom. The van der Waals surface area contributed by atoms with Gasteiger partial charge in [-0.25, -0.2) is 13.8 Å². The Morgan fingerprint density at radius 1 is 1.23 bits per heavy atom. The quantitative estimate of drug-likeness (QED) is 0.937. The zero-order valence-electron chi connectivity index (χ0n) is 13.2. The first-order chi connectivity index (χ1) is 10.5. The maximum Gasteiger partial charge on any atom is 0.161 e. The standard InChI is InChI=1S/C17H23F2N3/c1-11(2)7-17-21-15-8-13(18)14(19)9-16(15)22(17)10-12-3-5-20-6-4-12/h8-9,11-12,20H,3-7,10H2,1-2H3. The number of nitrogens with one attached hydrogen (secondary N) is 1. The number of nitrogens with zero attached hydrogens (tertiary/aromatic N) is 2. The molecule has 0 saturated carbocycles. The minimum Gasteiger partial charge on any atom is -0.328 e. The van der Waals surface area contributed by atoms with Gasteiger partial charge < -0.3 is 9.88 Å². The summed E-state index contributed by atoms with van der Waals surface area (Å²) < 4.78 is 29.2. The zero-order chi connectivity index (χ0) is 15.7. The lowest BCUT2D eigenvalue weighted by atomic mass is 9.98. The molecule has 3 nitrogen and oxygen atoms in total. The van der Waals surface area contributed by atoms with Crippen LogP contribution in [0.3, 0.4) is 0 Å². The van der Waals surface area contributed by atoms with Gasteiger partial charge in [-0.05, 0) is 37.8 Å². The van der Waals surface area contributed by atoms with Crippen molar-refractivity contribution in [3.8, 4) is 0 Å². The van der Waals surface area contributed by atoms with E-state index < -0.39 is 11.6 Å². The summed E-state index contributed by atoms with van der Waals surface area (Å²) in [7, 11) is 0. The maximum atomic E-state index is 13.7. The van der Waals surface area contributed by atoms with Gasteiger partial charge in [-0.3, -0.25) is 0 Å². The number of piperidine rings is 1. The lowest BCUT2D eigenvalue weighted by molar-refractivity contribution is 0.331. The third kappa shape index (κ3) is 3.14. The van der Waals surface area contributed by atoms with Crippen LogP contribution in [0.25, 0.3) is 11.0 Å². The van der Waals surface area contributed by atoms with Gasteiger partial charge in [-0.1, -0.05) is 13.8 Å². The molecule has 1 aromatic carbocycles. The van der Waals surface area contributed by atoms with Crippen LogP contribution in [-0.2, 0) is 13.0 Å². The SMILES string of the molecule is CC(C)Cc1nc2cc(F)c(F)cc2n1CC1CCNCC1. The van der Waals surface area contributed by atoms with E-state index in [2.05, 4.69) is 28.7 Å². The highest BCUT2D eigenvalue weighted by atomic mass is 19.2. The van der Waals surface area contributed by atoms with Crippen molar-refractivity contribution in [3.05, 3.63) is 29.6 Å². The van der Waals surface area contributed by atoms with Gasteiger partial charge in [0.25, 0.3) is 0 Å². The molecule has 0 radical (unpaired) electrons. The molecule has 0 atom stereocenters. The van der Waals surface area contributed by atoms with Crippen molar-refractivity contribution in [2.45, 2.75) is 39.7 Å². The molecule has 22 heavy (non-hydrogen) atoms. The van der Waals surface area contributed by atoms with Gasteiger partial charge in [0, 0.05) is 25.1 Å². The van der Waals surface area contributed by atoms with Gasteiger partial charge in [-0.2, -0.15) is 0 Å². The van der Waals surface area contributed by atoms with Crippen LogP contribution in [0, 0.1) is 23.5 Å². The summed E-state index contributed by atoms with van der Waals surface area (Å²) in [4.78, 5) is 4.56. The fourth-order valence-corrected chi connectivity index (χ4v) is 3.22. The van der Waals surface area contributed by atoms with E-state index in [-0.39, 0.29) is 0 Å². The maximum absolute atomic E-state index is 13.7. The second-order valence-electron chi connectivity index (χ2n) is 6.69. The Kier molecular flexibility index (Phi) is 4.43. The average molecular weight is 307 g/mol. The molecule has 0 bridgehead atoms. The molecule has 0 unspecified atom stereocenters. The summed E-state index contributed by atoms with van der Waals surface area (Å²) in [5.74, 6) is 0.342. The lowest BCUT2D eigenvalue weighted by Gasteiger charge is -2.24. The normalized spacial score (nSPS) is 16.8. The highest BCUT2D eigenvalue weighted by Gasteiger charge is 2.19. The molecule has 120 valence electrons. The van der Waals surface area contributed by atoms with Gasteiger partial charge in [0.1, 0.15) is 5.82 Å². The summed E-state index contributed by atoms with van der Waals surface area (Å²) in [6.45, 7) is 7.16. The Bertz CT molecular complexity index is 657. The van der Waals surface area contributed by atoms with Crippen LogP contribution in [0.1, 0.15) is 32.5 Å². The van der Waals surface area contributed by atoms with E-state index in [0.29, 0.717) is 22.9 Å². The molecule has 3 rings (SSSR count). The van der Waals surface area contributed by atoms with Crippen LogP contribution in [0.2, 0.25) is 0 Å². The number of hydrogen-bond donors (Lipinski definition) is 1. The molecule has 0 amide bonds. The molecule has 1 aliphatic heterocycles. The van der Waals surface area contributed by atoms with Crippen LogP contribution in [-0.4, -0.2) is 22.6 Å². The van der Waals surface area contributed by atoms with E-state index in [1.54, 1.807) is 0 Å². The topological polar surface area (TPSA) is 29.9 Å². The number of imidazole rings is 1. The lowest BCUT2D eigenvalue weighted by Crippen LogP contribution is -2.30. The summed E-state index contributed by atoms with van der Waals surface area (Å²) in [5, 5.41) is 3.36. The Morgan fingerprint density at radius 2 is 1.91 bits per heavy atom. The first-order valence-corrected chi connectivity index (χ1v) is 8.09. The van der Waals surface area contributed by atoms with Crippen molar-refractivity contribution in [1.82, 2.24) is 14.9 Å². The predicted octanol–water partition coefficient (Wildman–Crippen LogP) is 3.51. The van der Waals surface area contributed by atoms with Gasteiger partial charge in [0.2, 0.25) is 0 Å². The molecule has 5 heteroatoms. The van der Waals surface area contributed by atoms with Crippen molar-refractivity contribution in [3.63, 3.8) is 0 Å². The van der Waals surface area contributed by atoms with Gasteiger partial charge in [0.15, 0.2) is 11.6 Å². The van der Waals surface area contributed by atoms with Crippen molar-refractivity contribution < 1.29 is 8.78 Å². The highest BCUT2D eigenvalue weighted by molar-refractivity contribution is 5.76. The van der Waals surface area contributed by atoms with E-state index in [4.69, 9.17) is 0 Å². The molecule has 2 aromatic rings. The second-order valence-corrected chi connectivity index (χ2v) is 6.69. The van der Waals surface area contributed by atoms with Gasteiger partial charge in [-0.15, -0.1) is 0 Å². The van der Waals surface area contributed by atoms with Crippen molar-refractivity contribution in [2.24, 2.45) is 11.8 Å². The molecule has 1 fully saturated rings. The molecule has 1 saturated heterocycles. The molecule has 2 heterocycles. The van der Waals surface area contributed by atoms with E-state index >= 15 is 0 Å². The van der Waals surface area contributed by atoms with Crippen LogP contribution in [0.15, 0.2) is 12.1 Å². The second kappa shape index (κ2) is 6.32. The van der Waals surface area contributed by atoms with Gasteiger partial charge >= 0.3 is 0 Å². The first-order valence-electron chi connectivity index (χ1n) is 8.09. The van der Waals surface area contributed by atoms with Crippen LogP contribution in [0.5, 0.6) is 0 Å². The number of benzene rings is 1. The minimum absolute atomic E-state index is 0.457. The molecular formula is C17H23F2N3. The molecule has 1 N–H and O–H groups in total. The fraction of sp³-hybridized carbons (Fsp3) is 0.588. The van der Waals surface area contributed by atoms with Crippen molar-refractivity contribution >= 4 is 11.0 Å². The molecule has 1 aliphatic rings. The minimum atomic E-state index is -0.824. The third-order valence-electron chi connectivity index (χ3n) is 4.36. The largest absolute Gasteiger partial charge is 0.328 e. The van der Waals surface area contributed by atoms with Crippen LogP contribution >= 0.6 is 0 Å². The van der Waals surface area contributed by atoms with Crippen molar-refractivity contribution in [2.75, 3.05) is 13.1 Å². The van der Waals surface area contributed by atoms with E-state index in [1.807, 2.05) is 0 Å². The first kappa shape index (κ1) is 15.4. The molecule has 0 aliphatic carbocycles. The number of fused-ring (bicyclic) bond motifs is 1. The number of hydrogen-bond acceptors (Lipinski definition) is 2. The van der Waals surface area contributed by atoms with Crippen LogP contribution < -0.4 is 5.32 Å². The smallest absolute Gasteiger partial charge is 0.161 e. The molecular weight excluding hydrogens is 284 g/mol. The Labute approximate surface area is 129 Å².